The van der Waals surface area contributed by atoms with Crippen LogP contribution >= 0.6 is 0 Å². The van der Waals surface area contributed by atoms with Crippen molar-refractivity contribution in [1.82, 2.24) is 0 Å². The second-order valence-corrected chi connectivity index (χ2v) is 6.26. The van der Waals surface area contributed by atoms with Crippen LogP contribution in [0.3, 0.4) is 0 Å². The molecule has 0 saturated heterocycles. The summed E-state index contributed by atoms with van der Waals surface area (Å²) in [5, 5.41) is 0. The SMILES string of the molecule is COC(=O)C1=C(OC)c2ccccc2N(Cc2ccc(C)c(F)c2)C(=O)C1. The first-order valence-electron chi connectivity index (χ1n) is 8.46. The Morgan fingerprint density at radius 1 is 1.19 bits per heavy atom. The molecule has 2 aromatic carbocycles. The van der Waals surface area contributed by atoms with Gasteiger partial charge in [0, 0.05) is 5.56 Å². The van der Waals surface area contributed by atoms with Gasteiger partial charge in [0.05, 0.1) is 38.4 Å². The fraction of sp³-hybridized carbons (Fsp3) is 0.238. The van der Waals surface area contributed by atoms with Gasteiger partial charge in [-0.15, -0.1) is 0 Å². The number of aryl methyl sites for hydroxylation is 1. The normalized spacial score (nSPS) is 13.9. The molecule has 5 nitrogen and oxygen atoms in total. The smallest absolute Gasteiger partial charge is 0.338 e. The first-order chi connectivity index (χ1) is 13.0. The summed E-state index contributed by atoms with van der Waals surface area (Å²) in [5.41, 5.74) is 2.56. The zero-order valence-corrected chi connectivity index (χ0v) is 15.4. The molecule has 0 saturated carbocycles. The Hall–Kier alpha value is -3.15. The number of para-hydroxylation sites is 1. The second-order valence-electron chi connectivity index (χ2n) is 6.26. The number of methoxy groups -OCH3 is 2. The van der Waals surface area contributed by atoms with Crippen molar-refractivity contribution >= 4 is 23.3 Å². The number of nitrogens with zero attached hydrogens (tertiary/aromatic N) is 1. The van der Waals surface area contributed by atoms with Gasteiger partial charge >= 0.3 is 5.97 Å². The minimum absolute atomic E-state index is 0.162. The number of rotatable bonds is 4. The van der Waals surface area contributed by atoms with E-state index in [-0.39, 0.29) is 30.3 Å². The average molecular weight is 369 g/mol. The molecule has 6 heteroatoms. The zero-order valence-electron chi connectivity index (χ0n) is 15.4. The number of carbonyl (C=O) groups is 2. The van der Waals surface area contributed by atoms with Gasteiger partial charge in [-0.2, -0.15) is 0 Å². The molecule has 3 rings (SSSR count). The lowest BCUT2D eigenvalue weighted by molar-refractivity contribution is -0.137. The number of halogens is 1. The quantitative estimate of drug-likeness (QED) is 0.773. The molecule has 0 fully saturated rings. The van der Waals surface area contributed by atoms with Crippen molar-refractivity contribution in [2.75, 3.05) is 19.1 Å². The van der Waals surface area contributed by atoms with E-state index in [1.165, 1.54) is 25.2 Å². The molecular weight excluding hydrogens is 349 g/mol. The molecule has 1 aliphatic rings. The van der Waals surface area contributed by atoms with Crippen LogP contribution in [-0.2, 0) is 25.6 Å². The van der Waals surface area contributed by atoms with Gasteiger partial charge in [-0.1, -0.05) is 24.3 Å². The van der Waals surface area contributed by atoms with E-state index in [2.05, 4.69) is 0 Å². The summed E-state index contributed by atoms with van der Waals surface area (Å²) in [6.07, 6.45) is -0.168. The summed E-state index contributed by atoms with van der Waals surface area (Å²) in [4.78, 5) is 26.7. The highest BCUT2D eigenvalue weighted by Crippen LogP contribution is 2.36. The molecule has 0 radical (unpaired) electrons. The van der Waals surface area contributed by atoms with E-state index < -0.39 is 5.97 Å². The summed E-state index contributed by atoms with van der Waals surface area (Å²) in [5.74, 6) is -0.925. The summed E-state index contributed by atoms with van der Waals surface area (Å²) in [6.45, 7) is 1.86. The lowest BCUT2D eigenvalue weighted by Gasteiger charge is -2.23. The molecule has 140 valence electrons. The second kappa shape index (κ2) is 7.61. The Morgan fingerprint density at radius 3 is 2.59 bits per heavy atom. The van der Waals surface area contributed by atoms with Gasteiger partial charge in [-0.05, 0) is 36.2 Å². The van der Waals surface area contributed by atoms with Gasteiger partial charge in [0.1, 0.15) is 11.6 Å². The lowest BCUT2D eigenvalue weighted by Crippen LogP contribution is -2.30. The topological polar surface area (TPSA) is 55.8 Å². The van der Waals surface area contributed by atoms with Gasteiger partial charge in [0.2, 0.25) is 5.91 Å². The Bertz CT molecular complexity index is 936. The molecule has 27 heavy (non-hydrogen) atoms. The van der Waals surface area contributed by atoms with Gasteiger partial charge in [-0.3, -0.25) is 4.79 Å². The Labute approximate surface area is 157 Å². The molecule has 0 atom stereocenters. The van der Waals surface area contributed by atoms with Crippen LogP contribution in [0.25, 0.3) is 5.76 Å². The predicted octanol–water partition coefficient (Wildman–Crippen LogP) is 3.60. The van der Waals surface area contributed by atoms with Crippen molar-refractivity contribution in [2.24, 2.45) is 0 Å². The molecule has 0 spiro atoms. The largest absolute Gasteiger partial charge is 0.495 e. The van der Waals surface area contributed by atoms with Gasteiger partial charge in [0.15, 0.2) is 0 Å². The number of carbonyl (C=O) groups excluding carboxylic acids is 2. The van der Waals surface area contributed by atoms with Gasteiger partial charge in [0.25, 0.3) is 0 Å². The Morgan fingerprint density at radius 2 is 1.93 bits per heavy atom. The number of hydrogen-bond acceptors (Lipinski definition) is 4. The number of fused-ring (bicyclic) bond motifs is 1. The van der Waals surface area contributed by atoms with E-state index in [9.17, 15) is 14.0 Å². The minimum atomic E-state index is -0.613. The minimum Gasteiger partial charge on any atom is -0.495 e. The van der Waals surface area contributed by atoms with E-state index >= 15 is 0 Å². The molecule has 1 amide bonds. The van der Waals surface area contributed by atoms with Crippen LogP contribution in [0.2, 0.25) is 0 Å². The maximum absolute atomic E-state index is 13.9. The Balaban J connectivity index is 2.09. The molecule has 0 bridgehead atoms. The van der Waals surface area contributed by atoms with Crippen molar-refractivity contribution in [3.8, 4) is 0 Å². The standard InChI is InChI=1S/C21H20FNO4/c1-13-8-9-14(10-17(13)22)12-23-18-7-5-4-6-15(18)20(26-2)16(11-19(23)24)21(25)27-3/h4-10H,11-12H2,1-3H3. The van der Waals surface area contributed by atoms with E-state index in [1.807, 2.05) is 0 Å². The molecule has 1 heterocycles. The van der Waals surface area contributed by atoms with Crippen LogP contribution in [0.15, 0.2) is 48.0 Å². The van der Waals surface area contributed by atoms with Crippen LogP contribution in [0.1, 0.15) is 23.1 Å². The average Bonchev–Trinajstić information content (AvgIpc) is 2.79. The van der Waals surface area contributed by atoms with Crippen molar-refractivity contribution in [1.29, 1.82) is 0 Å². The maximum Gasteiger partial charge on any atom is 0.338 e. The number of benzene rings is 2. The van der Waals surface area contributed by atoms with E-state index in [4.69, 9.17) is 9.47 Å². The molecular formula is C21H20FNO4. The zero-order chi connectivity index (χ0) is 19.6. The first-order valence-corrected chi connectivity index (χ1v) is 8.46. The van der Waals surface area contributed by atoms with Crippen LogP contribution in [-0.4, -0.2) is 26.1 Å². The summed E-state index contributed by atoms with van der Waals surface area (Å²) in [7, 11) is 2.71. The highest BCUT2D eigenvalue weighted by atomic mass is 19.1. The lowest BCUT2D eigenvalue weighted by atomic mass is 10.1. The fourth-order valence-electron chi connectivity index (χ4n) is 3.14. The predicted molar refractivity (Wildman–Crippen MR) is 99.3 cm³/mol. The van der Waals surface area contributed by atoms with Gasteiger partial charge < -0.3 is 14.4 Å². The number of anilines is 1. The third-order valence-electron chi connectivity index (χ3n) is 4.56. The van der Waals surface area contributed by atoms with E-state index in [0.717, 1.165) is 0 Å². The summed E-state index contributed by atoms with van der Waals surface area (Å²) in [6, 6.07) is 12.0. The highest BCUT2D eigenvalue weighted by molar-refractivity contribution is 6.09. The fourth-order valence-corrected chi connectivity index (χ4v) is 3.14. The number of hydrogen-bond donors (Lipinski definition) is 0. The third-order valence-corrected chi connectivity index (χ3v) is 4.56. The van der Waals surface area contributed by atoms with Crippen LogP contribution in [0.5, 0.6) is 0 Å². The molecule has 0 aliphatic carbocycles. The molecule has 1 aliphatic heterocycles. The molecule has 0 aromatic heterocycles. The third kappa shape index (κ3) is 3.56. The number of esters is 1. The van der Waals surface area contributed by atoms with Crippen LogP contribution in [0.4, 0.5) is 10.1 Å². The molecule has 0 N–H and O–H groups in total. The van der Waals surface area contributed by atoms with Crippen molar-refractivity contribution in [3.63, 3.8) is 0 Å². The van der Waals surface area contributed by atoms with Crippen LogP contribution in [0, 0.1) is 12.7 Å². The highest BCUT2D eigenvalue weighted by Gasteiger charge is 2.31. The van der Waals surface area contributed by atoms with Crippen molar-refractivity contribution in [2.45, 2.75) is 19.9 Å². The molecule has 0 unspecified atom stereocenters. The first kappa shape index (κ1) is 18.6. The maximum atomic E-state index is 13.9. The summed E-state index contributed by atoms with van der Waals surface area (Å²) >= 11 is 0. The van der Waals surface area contributed by atoms with E-state index in [1.54, 1.807) is 43.3 Å². The van der Waals surface area contributed by atoms with E-state index in [0.29, 0.717) is 28.1 Å². The molecule has 2 aromatic rings. The van der Waals surface area contributed by atoms with Gasteiger partial charge in [-0.25, -0.2) is 9.18 Å². The Kier molecular flexibility index (Phi) is 5.26. The van der Waals surface area contributed by atoms with Crippen molar-refractivity contribution < 1.29 is 23.5 Å². The monoisotopic (exact) mass is 369 g/mol. The van der Waals surface area contributed by atoms with Crippen molar-refractivity contribution in [3.05, 3.63) is 70.5 Å². The van der Waals surface area contributed by atoms with Crippen LogP contribution < -0.4 is 4.90 Å². The summed E-state index contributed by atoms with van der Waals surface area (Å²) < 4.78 is 24.2. The number of ether oxygens (including phenoxy) is 2. The number of amides is 1.